The number of benzene rings is 1. The molecule has 1 aromatic heterocycles. The predicted molar refractivity (Wildman–Crippen MR) is 81.4 cm³/mol. The summed E-state index contributed by atoms with van der Waals surface area (Å²) in [5, 5.41) is 10.8. The smallest absolute Gasteiger partial charge is 0.229 e. The quantitative estimate of drug-likeness (QED) is 0.812. The maximum atomic E-state index is 13.0. The summed E-state index contributed by atoms with van der Waals surface area (Å²) < 4.78 is 5.67. The van der Waals surface area contributed by atoms with Gasteiger partial charge in [0.1, 0.15) is 0 Å². The highest BCUT2D eigenvalue weighted by atomic mass is 16.3. The molecule has 1 heterocycles. The van der Waals surface area contributed by atoms with Gasteiger partial charge >= 0.3 is 0 Å². The van der Waals surface area contributed by atoms with Crippen LogP contribution in [0.5, 0.6) is 0 Å². The molecule has 0 bridgehead atoms. The zero-order valence-electron chi connectivity index (χ0n) is 12.6. The first-order chi connectivity index (χ1) is 10.6. The highest BCUT2D eigenvalue weighted by Crippen LogP contribution is 2.51. The minimum absolute atomic E-state index is 0.0153. The molecule has 0 fully saturated rings. The minimum atomic E-state index is -0.517. The number of fused-ring (bicyclic) bond motifs is 4. The molecule has 22 heavy (non-hydrogen) atoms. The first kappa shape index (κ1) is 12.7. The average molecular weight is 294 g/mol. The third-order valence-electron chi connectivity index (χ3n) is 6.02. The van der Waals surface area contributed by atoms with Crippen molar-refractivity contribution in [1.29, 1.82) is 0 Å². The molecule has 3 aliphatic carbocycles. The fraction of sp³-hybridized carbons (Fsp3) is 0.421. The Kier molecular flexibility index (Phi) is 2.25. The van der Waals surface area contributed by atoms with Crippen molar-refractivity contribution in [3.05, 3.63) is 57.5 Å². The molecular formula is C19H18O3. The van der Waals surface area contributed by atoms with Crippen molar-refractivity contribution < 1.29 is 14.3 Å². The molecule has 0 amide bonds. The van der Waals surface area contributed by atoms with Crippen molar-refractivity contribution in [2.24, 2.45) is 0 Å². The zero-order chi connectivity index (χ0) is 15.1. The van der Waals surface area contributed by atoms with Gasteiger partial charge in [-0.25, -0.2) is 0 Å². The lowest BCUT2D eigenvalue weighted by atomic mass is 9.61. The lowest BCUT2D eigenvalue weighted by molar-refractivity contribution is 0.0855. The number of aliphatic hydroxyl groups is 1. The topological polar surface area (TPSA) is 50.4 Å². The highest BCUT2D eigenvalue weighted by molar-refractivity contribution is 6.13. The van der Waals surface area contributed by atoms with Crippen LogP contribution < -0.4 is 0 Å². The Morgan fingerprint density at radius 1 is 1.23 bits per heavy atom. The first-order valence-electron chi connectivity index (χ1n) is 8.11. The van der Waals surface area contributed by atoms with Crippen molar-refractivity contribution in [2.75, 3.05) is 0 Å². The minimum Gasteiger partial charge on any atom is -0.460 e. The molecule has 2 aromatic rings. The number of carbonyl (C=O) groups is 1. The lowest BCUT2D eigenvalue weighted by Crippen LogP contribution is -2.46. The summed E-state index contributed by atoms with van der Waals surface area (Å²) in [4.78, 5) is 13.0. The van der Waals surface area contributed by atoms with Gasteiger partial charge in [-0.3, -0.25) is 4.79 Å². The van der Waals surface area contributed by atoms with Crippen LogP contribution >= 0.6 is 0 Å². The van der Waals surface area contributed by atoms with Gasteiger partial charge in [0.2, 0.25) is 5.78 Å². The SMILES string of the molecule is C[C@]12c3ccc4c(c3C(=O)c3occ(c31)CC[C@@H]2O)CCC4. The number of hydrogen-bond acceptors (Lipinski definition) is 3. The summed E-state index contributed by atoms with van der Waals surface area (Å²) in [6.07, 6.45) is 5.86. The molecule has 0 unspecified atom stereocenters. The molecule has 2 atom stereocenters. The van der Waals surface area contributed by atoms with E-state index in [2.05, 4.69) is 19.1 Å². The van der Waals surface area contributed by atoms with Crippen LogP contribution in [-0.4, -0.2) is 17.0 Å². The Balaban J connectivity index is 1.90. The van der Waals surface area contributed by atoms with E-state index in [1.54, 1.807) is 6.26 Å². The van der Waals surface area contributed by atoms with Gasteiger partial charge in [0.25, 0.3) is 0 Å². The van der Waals surface area contributed by atoms with Gasteiger partial charge in [-0.2, -0.15) is 0 Å². The van der Waals surface area contributed by atoms with E-state index in [1.807, 2.05) is 0 Å². The van der Waals surface area contributed by atoms with Crippen LogP contribution in [0.15, 0.2) is 22.8 Å². The number of carbonyl (C=O) groups excluding carboxylic acids is 1. The third-order valence-corrected chi connectivity index (χ3v) is 6.02. The van der Waals surface area contributed by atoms with Crippen molar-refractivity contribution in [3.8, 4) is 0 Å². The van der Waals surface area contributed by atoms with Gasteiger partial charge in [-0.15, -0.1) is 0 Å². The Hall–Kier alpha value is -1.87. The van der Waals surface area contributed by atoms with Crippen molar-refractivity contribution in [2.45, 2.75) is 50.5 Å². The monoisotopic (exact) mass is 294 g/mol. The summed E-state index contributed by atoms with van der Waals surface area (Å²) in [6.45, 7) is 2.07. The fourth-order valence-electron chi connectivity index (χ4n) is 4.85. The normalized spacial score (nSPS) is 28.3. The average Bonchev–Trinajstić information content (AvgIpc) is 3.15. The molecule has 0 saturated carbocycles. The Morgan fingerprint density at radius 3 is 2.95 bits per heavy atom. The number of aliphatic hydroxyl groups excluding tert-OH is 1. The van der Waals surface area contributed by atoms with Crippen LogP contribution in [0.3, 0.4) is 0 Å². The number of aryl methyl sites for hydroxylation is 2. The molecule has 3 aliphatic rings. The van der Waals surface area contributed by atoms with Crippen LogP contribution in [0.4, 0.5) is 0 Å². The molecule has 1 aromatic carbocycles. The van der Waals surface area contributed by atoms with E-state index in [0.29, 0.717) is 12.2 Å². The van der Waals surface area contributed by atoms with Gasteiger partial charge < -0.3 is 9.52 Å². The van der Waals surface area contributed by atoms with Crippen LogP contribution in [-0.2, 0) is 24.7 Å². The van der Waals surface area contributed by atoms with Crippen molar-refractivity contribution >= 4 is 5.78 Å². The van der Waals surface area contributed by atoms with E-state index in [0.717, 1.165) is 47.9 Å². The summed E-state index contributed by atoms with van der Waals surface area (Å²) >= 11 is 0. The Bertz CT molecular complexity index is 829. The zero-order valence-corrected chi connectivity index (χ0v) is 12.6. The van der Waals surface area contributed by atoms with E-state index in [4.69, 9.17) is 4.42 Å². The molecule has 112 valence electrons. The van der Waals surface area contributed by atoms with E-state index < -0.39 is 11.5 Å². The molecule has 0 radical (unpaired) electrons. The summed E-state index contributed by atoms with van der Waals surface area (Å²) in [6, 6.07) is 4.23. The largest absolute Gasteiger partial charge is 0.460 e. The summed E-state index contributed by atoms with van der Waals surface area (Å²) in [7, 11) is 0. The number of ketones is 1. The molecule has 5 rings (SSSR count). The molecule has 1 N–H and O–H groups in total. The second kappa shape index (κ2) is 3.90. The lowest BCUT2D eigenvalue weighted by Gasteiger charge is -2.42. The van der Waals surface area contributed by atoms with E-state index in [-0.39, 0.29) is 5.78 Å². The Labute approximate surface area is 129 Å². The number of hydrogen-bond donors (Lipinski definition) is 1. The number of rotatable bonds is 0. The standard InChI is InChI=1S/C19H18O3/c1-19-13-7-5-10-3-2-4-12(10)15(13)17(21)18-16(19)11(9-22-18)6-8-14(19)20/h5,7,9,14,20H,2-4,6,8H2,1H3/t14-,19+/m0/s1. The molecule has 0 saturated heterocycles. The van der Waals surface area contributed by atoms with Crippen LogP contribution in [0.2, 0.25) is 0 Å². The summed E-state index contributed by atoms with van der Waals surface area (Å²) in [5.41, 5.74) is 5.79. The fourth-order valence-corrected chi connectivity index (χ4v) is 4.85. The van der Waals surface area contributed by atoms with Gasteiger partial charge in [0.15, 0.2) is 5.76 Å². The highest BCUT2D eigenvalue weighted by Gasteiger charge is 2.51. The van der Waals surface area contributed by atoms with Crippen LogP contribution in [0.25, 0.3) is 0 Å². The number of furan rings is 1. The second-order valence-corrected chi connectivity index (χ2v) is 7.03. The molecule has 0 spiro atoms. The van der Waals surface area contributed by atoms with E-state index in [9.17, 15) is 9.90 Å². The third kappa shape index (κ3) is 1.25. The van der Waals surface area contributed by atoms with Gasteiger partial charge in [-0.05, 0) is 61.3 Å². The molecule has 0 aliphatic heterocycles. The van der Waals surface area contributed by atoms with Crippen LogP contribution in [0, 0.1) is 0 Å². The second-order valence-electron chi connectivity index (χ2n) is 7.03. The first-order valence-corrected chi connectivity index (χ1v) is 8.11. The van der Waals surface area contributed by atoms with Crippen molar-refractivity contribution in [1.82, 2.24) is 0 Å². The Morgan fingerprint density at radius 2 is 2.09 bits per heavy atom. The maximum Gasteiger partial charge on any atom is 0.229 e. The molecule has 3 heteroatoms. The van der Waals surface area contributed by atoms with E-state index >= 15 is 0 Å². The van der Waals surface area contributed by atoms with E-state index in [1.165, 1.54) is 11.1 Å². The maximum absolute atomic E-state index is 13.0. The van der Waals surface area contributed by atoms with Gasteiger partial charge in [0.05, 0.1) is 12.4 Å². The molecular weight excluding hydrogens is 276 g/mol. The summed E-state index contributed by atoms with van der Waals surface area (Å²) in [5.74, 6) is 0.477. The van der Waals surface area contributed by atoms with Gasteiger partial charge in [-0.1, -0.05) is 12.1 Å². The molecule has 3 nitrogen and oxygen atoms in total. The predicted octanol–water partition coefficient (Wildman–Crippen LogP) is 2.93. The van der Waals surface area contributed by atoms with Crippen LogP contribution in [0.1, 0.15) is 63.7 Å². The van der Waals surface area contributed by atoms with Gasteiger partial charge in [0, 0.05) is 16.5 Å². The van der Waals surface area contributed by atoms with Crippen molar-refractivity contribution in [3.63, 3.8) is 0 Å².